The van der Waals surface area contributed by atoms with E-state index < -0.39 is 0 Å². The summed E-state index contributed by atoms with van der Waals surface area (Å²) in [6.45, 7) is 7.98. The first-order chi connectivity index (χ1) is 5.74. The zero-order chi connectivity index (χ0) is 9.40. The maximum absolute atomic E-state index is 3.77. The summed E-state index contributed by atoms with van der Waals surface area (Å²) in [4.78, 5) is 0. The highest BCUT2D eigenvalue weighted by atomic mass is 14.8. The van der Waals surface area contributed by atoms with E-state index in [1.165, 1.54) is 17.7 Å². The Morgan fingerprint density at radius 3 is 2.50 bits per heavy atom. The minimum absolute atomic E-state index is 1.11. The third-order valence-electron chi connectivity index (χ3n) is 1.74. The maximum atomic E-state index is 3.77. The summed E-state index contributed by atoms with van der Waals surface area (Å²) >= 11 is 0. The molecule has 0 fully saturated rings. The Morgan fingerprint density at radius 2 is 2.08 bits per heavy atom. The van der Waals surface area contributed by atoms with Crippen LogP contribution < -0.4 is 5.32 Å². The zero-order valence-electron chi connectivity index (χ0n) is 8.35. The van der Waals surface area contributed by atoms with Gasteiger partial charge in [0.1, 0.15) is 0 Å². The number of nitrogens with one attached hydrogen (secondary N) is 1. The van der Waals surface area contributed by atoms with Gasteiger partial charge in [-0.15, -0.1) is 0 Å². The molecular formula is C11H19N. The van der Waals surface area contributed by atoms with Crippen LogP contribution in [-0.4, -0.2) is 7.05 Å². The highest BCUT2D eigenvalue weighted by Gasteiger charge is 1.87. The highest BCUT2D eigenvalue weighted by molar-refractivity contribution is 5.23. The Bertz CT molecular complexity index is 187. The largest absolute Gasteiger partial charge is 0.392 e. The Hall–Kier alpha value is -0.980. The van der Waals surface area contributed by atoms with Crippen LogP contribution in [0.15, 0.2) is 36.1 Å². The topological polar surface area (TPSA) is 12.0 Å². The van der Waals surface area contributed by atoms with Gasteiger partial charge in [-0.2, -0.15) is 0 Å². The third-order valence-corrected chi connectivity index (χ3v) is 1.74. The Labute approximate surface area is 75.9 Å². The van der Waals surface area contributed by atoms with Crippen LogP contribution in [0.25, 0.3) is 0 Å². The van der Waals surface area contributed by atoms with Crippen molar-refractivity contribution in [1.82, 2.24) is 5.32 Å². The van der Waals surface area contributed by atoms with Gasteiger partial charge in [-0.05, 0) is 25.0 Å². The quantitative estimate of drug-likeness (QED) is 0.617. The number of allylic oxidation sites excluding steroid dienone is 5. The van der Waals surface area contributed by atoms with Gasteiger partial charge in [0.25, 0.3) is 0 Å². The van der Waals surface area contributed by atoms with Crippen LogP contribution >= 0.6 is 0 Å². The van der Waals surface area contributed by atoms with Gasteiger partial charge in [0.05, 0.1) is 0 Å². The Morgan fingerprint density at radius 1 is 1.42 bits per heavy atom. The molecule has 1 heteroatoms. The molecule has 0 aliphatic heterocycles. The molecule has 0 spiro atoms. The molecule has 0 atom stereocenters. The van der Waals surface area contributed by atoms with Gasteiger partial charge < -0.3 is 5.32 Å². The molecule has 0 rings (SSSR count). The molecule has 0 bridgehead atoms. The lowest BCUT2D eigenvalue weighted by atomic mass is 10.1. The minimum atomic E-state index is 1.11. The summed E-state index contributed by atoms with van der Waals surface area (Å²) in [6.07, 6.45) is 8.39. The molecule has 0 saturated heterocycles. The molecule has 1 N–H and O–H groups in total. The SMILES string of the molecule is C=C/C(=C/C=C(\C)NC)CCC. The van der Waals surface area contributed by atoms with E-state index in [4.69, 9.17) is 0 Å². The monoisotopic (exact) mass is 165 g/mol. The van der Waals surface area contributed by atoms with Crippen molar-refractivity contribution in [3.05, 3.63) is 36.1 Å². The molecular weight excluding hydrogens is 146 g/mol. The summed E-state index contributed by atoms with van der Waals surface area (Å²) in [5.41, 5.74) is 2.47. The van der Waals surface area contributed by atoms with E-state index in [1.54, 1.807) is 0 Å². The Kier molecular flexibility index (Phi) is 6.16. The molecule has 12 heavy (non-hydrogen) atoms. The second kappa shape index (κ2) is 6.71. The third kappa shape index (κ3) is 4.78. The second-order valence-electron chi connectivity index (χ2n) is 2.80. The van der Waals surface area contributed by atoms with Crippen LogP contribution in [0.2, 0.25) is 0 Å². The summed E-state index contributed by atoms with van der Waals surface area (Å²) in [6, 6.07) is 0. The fourth-order valence-electron chi connectivity index (χ4n) is 0.857. The van der Waals surface area contributed by atoms with Crippen LogP contribution in [0.3, 0.4) is 0 Å². The molecule has 0 aliphatic rings. The second-order valence-corrected chi connectivity index (χ2v) is 2.80. The van der Waals surface area contributed by atoms with Crippen molar-refractivity contribution in [3.63, 3.8) is 0 Å². The lowest BCUT2D eigenvalue weighted by molar-refractivity contribution is 0.925. The predicted molar refractivity (Wildman–Crippen MR) is 56.0 cm³/mol. The first-order valence-corrected chi connectivity index (χ1v) is 4.42. The fourth-order valence-corrected chi connectivity index (χ4v) is 0.857. The minimum Gasteiger partial charge on any atom is -0.392 e. The standard InChI is InChI=1S/C11H19N/c1-5-7-11(6-2)9-8-10(3)12-4/h6,8-9,12H,2,5,7H2,1,3-4H3/b10-8+,11-9-. The Balaban J connectivity index is 4.18. The van der Waals surface area contributed by atoms with Crippen molar-refractivity contribution in [2.45, 2.75) is 26.7 Å². The van der Waals surface area contributed by atoms with E-state index in [1.807, 2.05) is 20.0 Å². The van der Waals surface area contributed by atoms with Crippen molar-refractivity contribution in [3.8, 4) is 0 Å². The average Bonchev–Trinajstić information content (AvgIpc) is 2.11. The van der Waals surface area contributed by atoms with Gasteiger partial charge in [-0.3, -0.25) is 0 Å². The lowest BCUT2D eigenvalue weighted by Gasteiger charge is -1.98. The van der Waals surface area contributed by atoms with E-state index in [2.05, 4.69) is 31.0 Å². The number of hydrogen-bond donors (Lipinski definition) is 1. The van der Waals surface area contributed by atoms with Crippen LogP contribution in [0.5, 0.6) is 0 Å². The van der Waals surface area contributed by atoms with Crippen molar-refractivity contribution in [1.29, 1.82) is 0 Å². The molecule has 0 unspecified atom stereocenters. The predicted octanol–water partition coefficient (Wildman–Crippen LogP) is 3.02. The van der Waals surface area contributed by atoms with Crippen LogP contribution in [0.4, 0.5) is 0 Å². The van der Waals surface area contributed by atoms with E-state index in [-0.39, 0.29) is 0 Å². The van der Waals surface area contributed by atoms with Crippen molar-refractivity contribution in [2.75, 3.05) is 7.05 Å². The van der Waals surface area contributed by atoms with E-state index in [0.29, 0.717) is 0 Å². The molecule has 0 amide bonds. The molecule has 0 aromatic rings. The van der Waals surface area contributed by atoms with E-state index >= 15 is 0 Å². The molecule has 0 aromatic carbocycles. The van der Waals surface area contributed by atoms with E-state index in [0.717, 1.165) is 6.42 Å². The first-order valence-electron chi connectivity index (χ1n) is 4.42. The van der Waals surface area contributed by atoms with Crippen molar-refractivity contribution in [2.24, 2.45) is 0 Å². The van der Waals surface area contributed by atoms with Crippen LogP contribution in [0, 0.1) is 0 Å². The molecule has 68 valence electrons. The molecule has 0 saturated carbocycles. The fraction of sp³-hybridized carbons (Fsp3) is 0.455. The number of hydrogen-bond acceptors (Lipinski definition) is 1. The van der Waals surface area contributed by atoms with Gasteiger partial charge in [0.2, 0.25) is 0 Å². The van der Waals surface area contributed by atoms with Gasteiger partial charge in [-0.1, -0.05) is 32.1 Å². The summed E-state index contributed by atoms with van der Waals surface area (Å²) in [5.74, 6) is 0. The molecule has 0 aromatic heterocycles. The first kappa shape index (κ1) is 11.0. The van der Waals surface area contributed by atoms with Crippen molar-refractivity contribution < 1.29 is 0 Å². The smallest absolute Gasteiger partial charge is 0.00725 e. The van der Waals surface area contributed by atoms with Crippen LogP contribution in [-0.2, 0) is 0 Å². The average molecular weight is 165 g/mol. The number of rotatable bonds is 5. The molecule has 1 nitrogen and oxygen atoms in total. The lowest BCUT2D eigenvalue weighted by Crippen LogP contribution is -2.00. The summed E-state index contributed by atoms with van der Waals surface area (Å²) in [7, 11) is 1.92. The normalized spacial score (nSPS) is 12.9. The zero-order valence-corrected chi connectivity index (χ0v) is 8.35. The van der Waals surface area contributed by atoms with E-state index in [9.17, 15) is 0 Å². The van der Waals surface area contributed by atoms with Crippen LogP contribution in [0.1, 0.15) is 26.7 Å². The van der Waals surface area contributed by atoms with Gasteiger partial charge >= 0.3 is 0 Å². The summed E-state index contributed by atoms with van der Waals surface area (Å²) in [5, 5.41) is 3.07. The highest BCUT2D eigenvalue weighted by Crippen LogP contribution is 2.05. The van der Waals surface area contributed by atoms with Gasteiger partial charge in [0, 0.05) is 12.7 Å². The molecule has 0 heterocycles. The molecule has 0 aliphatic carbocycles. The maximum Gasteiger partial charge on any atom is 0.00725 e. The van der Waals surface area contributed by atoms with Gasteiger partial charge in [0.15, 0.2) is 0 Å². The molecule has 0 radical (unpaired) electrons. The summed E-state index contributed by atoms with van der Waals surface area (Å²) < 4.78 is 0. The van der Waals surface area contributed by atoms with Gasteiger partial charge in [-0.25, -0.2) is 0 Å². The van der Waals surface area contributed by atoms with Crippen molar-refractivity contribution >= 4 is 0 Å².